The number of hydrogen-bond donors (Lipinski definition) is 0. The van der Waals surface area contributed by atoms with E-state index in [4.69, 9.17) is 0 Å². The largest absolute Gasteiger partial charge is 0.378 e. The van der Waals surface area contributed by atoms with E-state index in [9.17, 15) is 13.2 Å². The second-order valence-corrected chi connectivity index (χ2v) is 8.39. The van der Waals surface area contributed by atoms with E-state index in [1.54, 1.807) is 36.2 Å². The van der Waals surface area contributed by atoms with Crippen LogP contribution in [0.2, 0.25) is 0 Å². The van der Waals surface area contributed by atoms with Gasteiger partial charge >= 0.3 is 0 Å². The Bertz CT molecular complexity index is 841. The van der Waals surface area contributed by atoms with Gasteiger partial charge in [0, 0.05) is 38.6 Å². The highest BCUT2D eigenvalue weighted by atomic mass is 32.2. The molecule has 0 aromatic heterocycles. The minimum Gasteiger partial charge on any atom is -0.378 e. The van der Waals surface area contributed by atoms with Crippen molar-refractivity contribution in [1.82, 2.24) is 4.90 Å². The van der Waals surface area contributed by atoms with Crippen molar-refractivity contribution < 1.29 is 13.2 Å². The van der Waals surface area contributed by atoms with Crippen LogP contribution in [0.3, 0.4) is 0 Å². The number of hydrogen-bond acceptors (Lipinski definition) is 4. The van der Waals surface area contributed by atoms with Crippen molar-refractivity contribution in [2.75, 3.05) is 32.3 Å². The van der Waals surface area contributed by atoms with Crippen molar-refractivity contribution in [1.29, 1.82) is 0 Å². The first-order valence-corrected chi connectivity index (χ1v) is 9.85. The summed E-state index contributed by atoms with van der Waals surface area (Å²) < 4.78 is 23.1. The molecule has 2 rings (SSSR count). The van der Waals surface area contributed by atoms with E-state index in [0.29, 0.717) is 5.56 Å². The summed E-state index contributed by atoms with van der Waals surface area (Å²) in [5.41, 5.74) is 2.53. The molecule has 2 aromatic carbocycles. The van der Waals surface area contributed by atoms with Crippen LogP contribution in [-0.2, 0) is 9.84 Å². The minimum atomic E-state index is -3.22. The first kappa shape index (κ1) is 19.0. The molecular formula is C19H24N2O3S. The smallest absolute Gasteiger partial charge is 0.254 e. The quantitative estimate of drug-likeness (QED) is 0.822. The number of carbonyl (C=O) groups excluding carboxylic acids is 1. The molecule has 0 unspecified atom stereocenters. The molecular weight excluding hydrogens is 336 g/mol. The maximum absolute atomic E-state index is 12.7. The predicted octanol–water partition coefficient (Wildman–Crippen LogP) is 2.99. The minimum absolute atomic E-state index is 0.0787. The molecule has 0 fully saturated rings. The maximum atomic E-state index is 12.7. The van der Waals surface area contributed by atoms with Crippen molar-refractivity contribution in [2.24, 2.45) is 0 Å². The zero-order valence-corrected chi connectivity index (χ0v) is 16.0. The molecule has 1 amide bonds. The Morgan fingerprint density at radius 1 is 0.920 bits per heavy atom. The fourth-order valence-corrected chi connectivity index (χ4v) is 3.13. The molecule has 0 aliphatic carbocycles. The highest BCUT2D eigenvalue weighted by molar-refractivity contribution is 7.90. The van der Waals surface area contributed by atoms with Crippen LogP contribution < -0.4 is 4.90 Å². The zero-order chi connectivity index (χ0) is 18.8. The van der Waals surface area contributed by atoms with E-state index in [-0.39, 0.29) is 16.8 Å². The molecule has 6 heteroatoms. The van der Waals surface area contributed by atoms with E-state index in [2.05, 4.69) is 0 Å². The molecule has 0 heterocycles. The Balaban J connectivity index is 2.18. The molecule has 0 saturated carbocycles. The van der Waals surface area contributed by atoms with Crippen molar-refractivity contribution >= 4 is 21.4 Å². The van der Waals surface area contributed by atoms with Crippen molar-refractivity contribution in [3.63, 3.8) is 0 Å². The lowest BCUT2D eigenvalue weighted by Gasteiger charge is -2.26. The van der Waals surface area contributed by atoms with E-state index in [1.807, 2.05) is 50.2 Å². The van der Waals surface area contributed by atoms with E-state index < -0.39 is 9.84 Å². The van der Waals surface area contributed by atoms with Gasteiger partial charge in [0.15, 0.2) is 9.84 Å². The van der Waals surface area contributed by atoms with Crippen molar-refractivity contribution in [3.05, 3.63) is 59.7 Å². The van der Waals surface area contributed by atoms with Crippen LogP contribution in [0.25, 0.3) is 0 Å². The van der Waals surface area contributed by atoms with Gasteiger partial charge in [-0.3, -0.25) is 4.79 Å². The molecule has 0 aliphatic rings. The summed E-state index contributed by atoms with van der Waals surface area (Å²) in [5, 5.41) is 0. The Morgan fingerprint density at radius 3 is 1.88 bits per heavy atom. The number of amides is 1. The number of nitrogens with zero attached hydrogens (tertiary/aromatic N) is 2. The van der Waals surface area contributed by atoms with Crippen LogP contribution in [0.15, 0.2) is 53.4 Å². The van der Waals surface area contributed by atoms with E-state index in [1.165, 1.54) is 6.26 Å². The Kier molecular flexibility index (Phi) is 5.52. The highest BCUT2D eigenvalue weighted by Gasteiger charge is 2.19. The van der Waals surface area contributed by atoms with Gasteiger partial charge in [0.1, 0.15) is 0 Å². The second-order valence-electron chi connectivity index (χ2n) is 6.37. The van der Waals surface area contributed by atoms with Gasteiger partial charge in [0.05, 0.1) is 10.9 Å². The van der Waals surface area contributed by atoms with Gasteiger partial charge in [-0.05, 0) is 48.9 Å². The molecule has 2 aromatic rings. The van der Waals surface area contributed by atoms with Crippen LogP contribution in [0.5, 0.6) is 0 Å². The molecule has 5 nitrogen and oxygen atoms in total. The number of rotatable bonds is 5. The summed E-state index contributed by atoms with van der Waals surface area (Å²) in [4.78, 5) is 16.6. The number of benzene rings is 2. The molecule has 134 valence electrons. The van der Waals surface area contributed by atoms with Crippen LogP contribution in [0.4, 0.5) is 5.69 Å². The van der Waals surface area contributed by atoms with E-state index >= 15 is 0 Å². The van der Waals surface area contributed by atoms with Gasteiger partial charge in [-0.15, -0.1) is 0 Å². The normalized spacial score (nSPS) is 12.5. The van der Waals surface area contributed by atoms with Crippen LogP contribution >= 0.6 is 0 Å². The van der Waals surface area contributed by atoms with Crippen LogP contribution in [0, 0.1) is 0 Å². The van der Waals surface area contributed by atoms with Gasteiger partial charge in [0.2, 0.25) is 0 Å². The molecule has 0 bridgehead atoms. The first-order valence-electron chi connectivity index (χ1n) is 7.96. The van der Waals surface area contributed by atoms with Crippen molar-refractivity contribution in [3.8, 4) is 0 Å². The lowest BCUT2D eigenvalue weighted by molar-refractivity contribution is 0.0742. The molecule has 0 spiro atoms. The monoisotopic (exact) mass is 360 g/mol. The Labute approximate surface area is 149 Å². The van der Waals surface area contributed by atoms with Gasteiger partial charge in [-0.1, -0.05) is 12.1 Å². The van der Waals surface area contributed by atoms with Gasteiger partial charge in [0.25, 0.3) is 5.91 Å². The number of sulfone groups is 1. The fourth-order valence-electron chi connectivity index (χ4n) is 2.50. The molecule has 0 radical (unpaired) electrons. The number of anilines is 1. The lowest BCUT2D eigenvalue weighted by Crippen LogP contribution is -2.29. The molecule has 0 aliphatic heterocycles. The number of carbonyl (C=O) groups is 1. The highest BCUT2D eigenvalue weighted by Crippen LogP contribution is 2.23. The fraction of sp³-hybridized carbons (Fsp3) is 0.316. The summed E-state index contributed by atoms with van der Waals surface area (Å²) in [5.74, 6) is -0.0787. The summed E-state index contributed by atoms with van der Waals surface area (Å²) in [7, 11) is 2.43. The van der Waals surface area contributed by atoms with Gasteiger partial charge in [-0.2, -0.15) is 0 Å². The van der Waals surface area contributed by atoms with Crippen LogP contribution in [-0.4, -0.2) is 46.6 Å². The zero-order valence-electron chi connectivity index (χ0n) is 15.2. The third kappa shape index (κ3) is 4.39. The molecule has 1 atom stereocenters. The Morgan fingerprint density at radius 2 is 1.44 bits per heavy atom. The molecule has 25 heavy (non-hydrogen) atoms. The first-order chi connectivity index (χ1) is 11.6. The van der Waals surface area contributed by atoms with Gasteiger partial charge < -0.3 is 9.80 Å². The summed E-state index contributed by atoms with van der Waals surface area (Å²) >= 11 is 0. The molecule has 0 saturated heterocycles. The summed E-state index contributed by atoms with van der Waals surface area (Å²) in [6.07, 6.45) is 1.18. The third-order valence-electron chi connectivity index (χ3n) is 4.32. The van der Waals surface area contributed by atoms with Crippen molar-refractivity contribution in [2.45, 2.75) is 17.9 Å². The predicted molar refractivity (Wildman–Crippen MR) is 101 cm³/mol. The third-order valence-corrected chi connectivity index (χ3v) is 5.45. The van der Waals surface area contributed by atoms with Gasteiger partial charge in [-0.25, -0.2) is 8.42 Å². The average molecular weight is 360 g/mol. The van der Waals surface area contributed by atoms with E-state index in [0.717, 1.165) is 11.3 Å². The van der Waals surface area contributed by atoms with Crippen LogP contribution in [0.1, 0.15) is 28.9 Å². The second kappa shape index (κ2) is 7.27. The summed E-state index contributed by atoms with van der Waals surface area (Å²) in [6, 6.07) is 13.9. The average Bonchev–Trinajstić information content (AvgIpc) is 2.59. The Hall–Kier alpha value is -2.34. The SMILES string of the molecule is C[C@@H](c1ccc(S(C)(=O)=O)cc1)N(C)C(=O)c1ccc(N(C)C)cc1. The lowest BCUT2D eigenvalue weighted by atomic mass is 10.1. The molecule has 0 N–H and O–H groups in total. The topological polar surface area (TPSA) is 57.7 Å². The summed E-state index contributed by atoms with van der Waals surface area (Å²) in [6.45, 7) is 1.92. The standard InChI is InChI=1S/C19H24N2O3S/c1-14(15-8-12-18(13-9-15)25(5,23)24)21(4)19(22)16-6-10-17(11-7-16)20(2)3/h6-14H,1-5H3/t14-/m0/s1. The maximum Gasteiger partial charge on any atom is 0.254 e.